The first-order valence-electron chi connectivity index (χ1n) is 7.46. The van der Waals surface area contributed by atoms with Crippen LogP contribution in [0.3, 0.4) is 0 Å². The van der Waals surface area contributed by atoms with Crippen molar-refractivity contribution in [3.63, 3.8) is 0 Å². The fraction of sp³-hybridized carbons (Fsp3) is 1.00. The molecule has 0 saturated heterocycles. The summed E-state index contributed by atoms with van der Waals surface area (Å²) in [5.74, 6) is 0. The van der Waals surface area contributed by atoms with Gasteiger partial charge in [-0.15, -0.1) is 0 Å². The van der Waals surface area contributed by atoms with E-state index in [0.29, 0.717) is 12.1 Å². The zero-order chi connectivity index (χ0) is 12.2. The second-order valence-corrected chi connectivity index (χ2v) is 5.31. The molecule has 0 amide bonds. The molecule has 0 rings (SSSR count). The molecule has 0 bridgehead atoms. The molecular weight excluding hydrogens is 194 g/mol. The quantitative estimate of drug-likeness (QED) is 0.495. The molecule has 0 spiro atoms. The maximum absolute atomic E-state index is 3.72. The minimum Gasteiger partial charge on any atom is -0.312 e. The lowest BCUT2D eigenvalue weighted by atomic mass is 10.1. The summed E-state index contributed by atoms with van der Waals surface area (Å²) in [6.45, 7) is 9.21. The molecule has 2 atom stereocenters. The van der Waals surface area contributed by atoms with Crippen molar-refractivity contribution >= 4 is 0 Å². The molecule has 0 fully saturated rings. The molecule has 0 saturated carbocycles. The summed E-state index contributed by atoms with van der Waals surface area (Å²) in [6.07, 6.45) is 12.3. The lowest BCUT2D eigenvalue weighted by Crippen LogP contribution is -2.34. The Morgan fingerprint density at radius 1 is 0.688 bits per heavy atom. The van der Waals surface area contributed by atoms with E-state index < -0.39 is 0 Å². The van der Waals surface area contributed by atoms with Gasteiger partial charge in [-0.2, -0.15) is 0 Å². The van der Waals surface area contributed by atoms with Crippen LogP contribution in [0.2, 0.25) is 0 Å². The first-order valence-corrected chi connectivity index (χ1v) is 7.46. The number of hydrogen-bond donors (Lipinski definition) is 1. The third-order valence-corrected chi connectivity index (χ3v) is 3.30. The molecule has 0 aromatic heterocycles. The van der Waals surface area contributed by atoms with Crippen LogP contribution in [0.25, 0.3) is 0 Å². The van der Waals surface area contributed by atoms with Crippen LogP contribution >= 0.6 is 0 Å². The van der Waals surface area contributed by atoms with Crippen LogP contribution in [0.1, 0.15) is 85.5 Å². The van der Waals surface area contributed by atoms with Gasteiger partial charge in [-0.3, -0.25) is 0 Å². The van der Waals surface area contributed by atoms with E-state index in [-0.39, 0.29) is 0 Å². The van der Waals surface area contributed by atoms with Gasteiger partial charge in [0.1, 0.15) is 0 Å². The Morgan fingerprint density at radius 2 is 1.12 bits per heavy atom. The van der Waals surface area contributed by atoms with Crippen molar-refractivity contribution in [3.05, 3.63) is 0 Å². The van der Waals surface area contributed by atoms with Gasteiger partial charge >= 0.3 is 0 Å². The van der Waals surface area contributed by atoms with E-state index in [1.54, 1.807) is 0 Å². The van der Waals surface area contributed by atoms with E-state index >= 15 is 0 Å². The van der Waals surface area contributed by atoms with Crippen molar-refractivity contribution in [2.24, 2.45) is 0 Å². The normalized spacial score (nSPS) is 15.0. The fourth-order valence-corrected chi connectivity index (χ4v) is 2.23. The Hall–Kier alpha value is -0.0400. The summed E-state index contributed by atoms with van der Waals surface area (Å²) in [5, 5.41) is 3.72. The smallest absolute Gasteiger partial charge is 0.00412 e. The summed E-state index contributed by atoms with van der Waals surface area (Å²) in [6, 6.07) is 1.40. The molecule has 0 aliphatic heterocycles. The monoisotopic (exact) mass is 227 g/mol. The highest BCUT2D eigenvalue weighted by Crippen LogP contribution is 2.08. The van der Waals surface area contributed by atoms with Gasteiger partial charge in [0.25, 0.3) is 0 Å². The third kappa shape index (κ3) is 10.5. The van der Waals surface area contributed by atoms with Gasteiger partial charge in [-0.25, -0.2) is 0 Å². The molecule has 0 aromatic rings. The first kappa shape index (κ1) is 16.0. The zero-order valence-electron chi connectivity index (χ0n) is 12.0. The van der Waals surface area contributed by atoms with Crippen LogP contribution in [-0.2, 0) is 0 Å². The number of hydrogen-bond acceptors (Lipinski definition) is 1. The molecule has 0 aliphatic carbocycles. The fourth-order valence-electron chi connectivity index (χ4n) is 2.23. The first-order chi connectivity index (χ1) is 7.70. The SMILES string of the molecule is CCCCCCC(C)NC(C)CCCCC. The maximum atomic E-state index is 3.72. The van der Waals surface area contributed by atoms with Gasteiger partial charge in [0, 0.05) is 12.1 Å². The van der Waals surface area contributed by atoms with E-state index in [1.807, 2.05) is 0 Å². The summed E-state index contributed by atoms with van der Waals surface area (Å²) >= 11 is 0. The molecule has 0 radical (unpaired) electrons. The van der Waals surface area contributed by atoms with Crippen molar-refractivity contribution < 1.29 is 0 Å². The third-order valence-electron chi connectivity index (χ3n) is 3.30. The van der Waals surface area contributed by atoms with Gasteiger partial charge in [0.05, 0.1) is 0 Å². The van der Waals surface area contributed by atoms with Crippen LogP contribution < -0.4 is 5.32 Å². The van der Waals surface area contributed by atoms with Crippen molar-refractivity contribution in [1.29, 1.82) is 0 Å². The molecule has 1 heteroatoms. The van der Waals surface area contributed by atoms with Gasteiger partial charge < -0.3 is 5.32 Å². The number of nitrogens with one attached hydrogen (secondary N) is 1. The highest BCUT2D eigenvalue weighted by Gasteiger charge is 2.06. The van der Waals surface area contributed by atoms with E-state index in [9.17, 15) is 0 Å². The highest BCUT2D eigenvalue weighted by atomic mass is 14.9. The van der Waals surface area contributed by atoms with Crippen molar-refractivity contribution in [1.82, 2.24) is 5.32 Å². The second kappa shape index (κ2) is 11.4. The van der Waals surface area contributed by atoms with E-state index in [1.165, 1.54) is 57.8 Å². The Labute approximate surface area is 103 Å². The Balaban J connectivity index is 3.35. The minimum absolute atomic E-state index is 0.702. The van der Waals surface area contributed by atoms with E-state index in [2.05, 4.69) is 33.0 Å². The van der Waals surface area contributed by atoms with E-state index in [0.717, 1.165) is 0 Å². The summed E-state index contributed by atoms with van der Waals surface area (Å²) in [7, 11) is 0. The summed E-state index contributed by atoms with van der Waals surface area (Å²) in [4.78, 5) is 0. The van der Waals surface area contributed by atoms with Gasteiger partial charge in [-0.05, 0) is 26.7 Å². The predicted octanol–water partition coefficient (Wildman–Crippen LogP) is 4.90. The lowest BCUT2D eigenvalue weighted by molar-refractivity contribution is 0.405. The van der Waals surface area contributed by atoms with Gasteiger partial charge in [-0.1, -0.05) is 58.8 Å². The maximum Gasteiger partial charge on any atom is 0.00412 e. The predicted molar refractivity (Wildman–Crippen MR) is 75.0 cm³/mol. The molecule has 98 valence electrons. The topological polar surface area (TPSA) is 12.0 Å². The molecule has 16 heavy (non-hydrogen) atoms. The molecule has 0 aromatic carbocycles. The average molecular weight is 227 g/mol. The molecule has 2 unspecified atom stereocenters. The van der Waals surface area contributed by atoms with Crippen LogP contribution in [-0.4, -0.2) is 12.1 Å². The Bertz CT molecular complexity index is 133. The van der Waals surface area contributed by atoms with Crippen molar-refractivity contribution in [2.75, 3.05) is 0 Å². The second-order valence-electron chi connectivity index (χ2n) is 5.31. The number of unbranched alkanes of at least 4 members (excludes halogenated alkanes) is 5. The summed E-state index contributed by atoms with van der Waals surface area (Å²) < 4.78 is 0. The van der Waals surface area contributed by atoms with Crippen LogP contribution in [0.15, 0.2) is 0 Å². The molecule has 1 nitrogen and oxygen atoms in total. The standard InChI is InChI=1S/C15H33N/c1-5-7-9-11-13-15(4)16-14(3)12-10-8-6-2/h14-16H,5-13H2,1-4H3. The minimum atomic E-state index is 0.702. The molecule has 0 aliphatic rings. The average Bonchev–Trinajstić information content (AvgIpc) is 2.25. The molecule has 1 N–H and O–H groups in total. The zero-order valence-corrected chi connectivity index (χ0v) is 12.0. The highest BCUT2D eigenvalue weighted by molar-refractivity contribution is 4.67. The molecular formula is C15H33N. The van der Waals surface area contributed by atoms with Crippen LogP contribution in [0.4, 0.5) is 0 Å². The largest absolute Gasteiger partial charge is 0.312 e. The van der Waals surface area contributed by atoms with Gasteiger partial charge in [0.2, 0.25) is 0 Å². The van der Waals surface area contributed by atoms with Crippen LogP contribution in [0, 0.1) is 0 Å². The Morgan fingerprint density at radius 3 is 1.62 bits per heavy atom. The van der Waals surface area contributed by atoms with Crippen molar-refractivity contribution in [3.8, 4) is 0 Å². The number of rotatable bonds is 11. The van der Waals surface area contributed by atoms with E-state index in [4.69, 9.17) is 0 Å². The van der Waals surface area contributed by atoms with Gasteiger partial charge in [0.15, 0.2) is 0 Å². The summed E-state index contributed by atoms with van der Waals surface area (Å²) in [5.41, 5.74) is 0. The molecule has 0 heterocycles. The lowest BCUT2D eigenvalue weighted by Gasteiger charge is -2.20. The Kier molecular flexibility index (Phi) is 11.4. The van der Waals surface area contributed by atoms with Crippen molar-refractivity contribution in [2.45, 2.75) is 97.6 Å². The van der Waals surface area contributed by atoms with Crippen LogP contribution in [0.5, 0.6) is 0 Å².